The van der Waals surface area contributed by atoms with Crippen molar-refractivity contribution in [3.63, 3.8) is 0 Å². The summed E-state index contributed by atoms with van der Waals surface area (Å²) in [4.78, 5) is 0. The summed E-state index contributed by atoms with van der Waals surface area (Å²) in [6.45, 7) is 2.17. The molecule has 0 aliphatic carbocycles. The Hall–Kier alpha value is 0.0500. The van der Waals surface area contributed by atoms with Crippen LogP contribution in [-0.2, 0) is 0 Å². The molecule has 1 rings (SSSR count). The number of hydrogen-bond acceptors (Lipinski definition) is 1. The van der Waals surface area contributed by atoms with E-state index in [0.29, 0.717) is 5.92 Å². The smallest absolute Gasteiger partial charge is 0.0210 e. The van der Waals surface area contributed by atoms with Gasteiger partial charge in [-0.3, -0.25) is 0 Å². The molecule has 0 bridgehead atoms. The minimum atomic E-state index is 0.522. The lowest BCUT2D eigenvalue weighted by molar-refractivity contribution is 0.878. The quantitative estimate of drug-likeness (QED) is 0.740. The first-order valence-corrected chi connectivity index (χ1v) is 5.03. The van der Waals surface area contributed by atoms with E-state index < -0.39 is 0 Å². The molecular formula is C9H11BrS. The van der Waals surface area contributed by atoms with Crippen molar-refractivity contribution in [1.29, 1.82) is 0 Å². The molecule has 1 unspecified atom stereocenters. The van der Waals surface area contributed by atoms with Crippen molar-refractivity contribution in [1.82, 2.24) is 0 Å². The summed E-state index contributed by atoms with van der Waals surface area (Å²) < 4.78 is 1.18. The summed E-state index contributed by atoms with van der Waals surface area (Å²) in [5, 5.41) is 0. The van der Waals surface area contributed by atoms with Crippen LogP contribution in [-0.4, -0.2) is 5.75 Å². The third kappa shape index (κ3) is 2.24. The van der Waals surface area contributed by atoms with Gasteiger partial charge in [0, 0.05) is 4.47 Å². The minimum Gasteiger partial charge on any atom is -0.179 e. The van der Waals surface area contributed by atoms with Crippen molar-refractivity contribution in [2.24, 2.45) is 0 Å². The molecule has 0 spiro atoms. The SMILES string of the molecule is CC(CS)c1ccccc1Br. The predicted molar refractivity (Wildman–Crippen MR) is 56.4 cm³/mol. The molecule has 60 valence electrons. The van der Waals surface area contributed by atoms with E-state index in [1.807, 2.05) is 6.07 Å². The van der Waals surface area contributed by atoms with Gasteiger partial charge in [0.05, 0.1) is 0 Å². The van der Waals surface area contributed by atoms with E-state index in [9.17, 15) is 0 Å². The Kier molecular flexibility index (Phi) is 3.46. The van der Waals surface area contributed by atoms with E-state index in [1.54, 1.807) is 0 Å². The fourth-order valence-corrected chi connectivity index (χ4v) is 1.85. The molecule has 0 saturated heterocycles. The monoisotopic (exact) mass is 230 g/mol. The Balaban J connectivity index is 2.93. The van der Waals surface area contributed by atoms with Crippen LogP contribution in [0.3, 0.4) is 0 Å². The zero-order valence-corrected chi connectivity index (χ0v) is 8.90. The van der Waals surface area contributed by atoms with Crippen LogP contribution in [0, 0.1) is 0 Å². The molecule has 11 heavy (non-hydrogen) atoms. The average molecular weight is 231 g/mol. The van der Waals surface area contributed by atoms with Gasteiger partial charge in [-0.05, 0) is 23.3 Å². The van der Waals surface area contributed by atoms with Crippen molar-refractivity contribution in [3.05, 3.63) is 34.3 Å². The molecule has 1 aromatic carbocycles. The second kappa shape index (κ2) is 4.17. The zero-order chi connectivity index (χ0) is 8.27. The fraction of sp³-hybridized carbons (Fsp3) is 0.333. The second-order valence-electron chi connectivity index (χ2n) is 2.61. The van der Waals surface area contributed by atoms with Crippen LogP contribution in [0.25, 0.3) is 0 Å². The summed E-state index contributed by atoms with van der Waals surface area (Å²) in [5.41, 5.74) is 1.34. The predicted octanol–water partition coefficient (Wildman–Crippen LogP) is 3.48. The molecule has 1 aromatic rings. The highest BCUT2D eigenvalue weighted by atomic mass is 79.9. The van der Waals surface area contributed by atoms with Crippen molar-refractivity contribution in [3.8, 4) is 0 Å². The van der Waals surface area contributed by atoms with Crippen LogP contribution in [0.1, 0.15) is 18.4 Å². The van der Waals surface area contributed by atoms with Gasteiger partial charge in [0.1, 0.15) is 0 Å². The van der Waals surface area contributed by atoms with Crippen LogP contribution in [0.5, 0.6) is 0 Å². The first-order valence-electron chi connectivity index (χ1n) is 3.61. The molecule has 0 heterocycles. The average Bonchev–Trinajstić information content (AvgIpc) is 2.04. The Morgan fingerprint density at radius 3 is 2.64 bits per heavy atom. The van der Waals surface area contributed by atoms with Gasteiger partial charge in [-0.25, -0.2) is 0 Å². The minimum absolute atomic E-state index is 0.522. The molecule has 0 aliphatic rings. The molecular weight excluding hydrogens is 220 g/mol. The molecule has 0 aliphatic heterocycles. The normalized spacial score (nSPS) is 13.0. The number of hydrogen-bond donors (Lipinski definition) is 1. The molecule has 0 N–H and O–H groups in total. The van der Waals surface area contributed by atoms with Crippen LogP contribution in [0.2, 0.25) is 0 Å². The Morgan fingerprint density at radius 2 is 2.09 bits per heavy atom. The summed E-state index contributed by atoms with van der Waals surface area (Å²) in [6, 6.07) is 8.28. The molecule has 0 amide bonds. The van der Waals surface area contributed by atoms with Crippen LogP contribution in [0.4, 0.5) is 0 Å². The van der Waals surface area contributed by atoms with Crippen LogP contribution >= 0.6 is 28.6 Å². The Labute approximate surface area is 81.5 Å². The van der Waals surface area contributed by atoms with Gasteiger partial charge in [-0.15, -0.1) is 0 Å². The lowest BCUT2D eigenvalue weighted by Gasteiger charge is -2.09. The van der Waals surface area contributed by atoms with E-state index in [2.05, 4.69) is 53.7 Å². The van der Waals surface area contributed by atoms with Crippen molar-refractivity contribution < 1.29 is 0 Å². The van der Waals surface area contributed by atoms with Gasteiger partial charge in [-0.1, -0.05) is 41.1 Å². The molecule has 0 nitrogen and oxygen atoms in total. The summed E-state index contributed by atoms with van der Waals surface area (Å²) in [6.07, 6.45) is 0. The summed E-state index contributed by atoms with van der Waals surface area (Å²) >= 11 is 7.76. The number of thiol groups is 1. The van der Waals surface area contributed by atoms with Crippen LogP contribution in [0.15, 0.2) is 28.7 Å². The van der Waals surface area contributed by atoms with Crippen molar-refractivity contribution in [2.45, 2.75) is 12.8 Å². The molecule has 0 saturated carbocycles. The topological polar surface area (TPSA) is 0 Å². The van der Waals surface area contributed by atoms with Gasteiger partial charge in [0.25, 0.3) is 0 Å². The first kappa shape index (κ1) is 9.14. The van der Waals surface area contributed by atoms with E-state index in [-0.39, 0.29) is 0 Å². The van der Waals surface area contributed by atoms with E-state index >= 15 is 0 Å². The molecule has 0 fully saturated rings. The highest BCUT2D eigenvalue weighted by Gasteiger charge is 2.05. The van der Waals surface area contributed by atoms with Crippen molar-refractivity contribution in [2.75, 3.05) is 5.75 Å². The van der Waals surface area contributed by atoms with Crippen LogP contribution < -0.4 is 0 Å². The third-order valence-electron chi connectivity index (χ3n) is 1.71. The summed E-state index contributed by atoms with van der Waals surface area (Å²) in [5.74, 6) is 1.41. The van der Waals surface area contributed by atoms with Gasteiger partial charge < -0.3 is 0 Å². The van der Waals surface area contributed by atoms with E-state index in [0.717, 1.165) is 5.75 Å². The highest BCUT2D eigenvalue weighted by Crippen LogP contribution is 2.24. The largest absolute Gasteiger partial charge is 0.179 e. The second-order valence-corrected chi connectivity index (χ2v) is 3.82. The van der Waals surface area contributed by atoms with Gasteiger partial charge in [0.2, 0.25) is 0 Å². The lowest BCUT2D eigenvalue weighted by Crippen LogP contribution is -1.94. The van der Waals surface area contributed by atoms with E-state index in [4.69, 9.17) is 0 Å². The highest BCUT2D eigenvalue weighted by molar-refractivity contribution is 9.10. The Morgan fingerprint density at radius 1 is 1.45 bits per heavy atom. The van der Waals surface area contributed by atoms with E-state index in [1.165, 1.54) is 10.0 Å². The van der Waals surface area contributed by atoms with Gasteiger partial charge >= 0.3 is 0 Å². The number of halogens is 1. The van der Waals surface area contributed by atoms with Crippen molar-refractivity contribution >= 4 is 28.6 Å². The standard InChI is InChI=1S/C9H11BrS/c1-7(6-11)8-4-2-3-5-9(8)10/h2-5,7,11H,6H2,1H3. The van der Waals surface area contributed by atoms with Gasteiger partial charge in [-0.2, -0.15) is 12.6 Å². The fourth-order valence-electron chi connectivity index (χ4n) is 0.973. The molecule has 2 heteroatoms. The maximum absolute atomic E-state index is 4.25. The molecule has 0 aromatic heterocycles. The zero-order valence-electron chi connectivity index (χ0n) is 6.42. The number of benzene rings is 1. The molecule has 0 radical (unpaired) electrons. The Bertz CT molecular complexity index is 235. The lowest BCUT2D eigenvalue weighted by atomic mass is 10.0. The summed E-state index contributed by atoms with van der Waals surface area (Å²) in [7, 11) is 0. The maximum Gasteiger partial charge on any atom is 0.0210 e. The van der Waals surface area contributed by atoms with Gasteiger partial charge in [0.15, 0.2) is 0 Å². The first-order chi connectivity index (χ1) is 5.25. The maximum atomic E-state index is 4.25. The number of rotatable bonds is 2. The molecule has 1 atom stereocenters. The third-order valence-corrected chi connectivity index (χ3v) is 2.98.